The Morgan fingerprint density at radius 3 is 2.23 bits per heavy atom. The van der Waals surface area contributed by atoms with E-state index in [2.05, 4.69) is 20.8 Å². The molecule has 0 aromatic carbocycles. The molecule has 0 aliphatic rings. The topological polar surface area (TPSA) is 20.3 Å². The molecule has 0 fully saturated rings. The van der Waals surface area contributed by atoms with E-state index in [1.54, 1.807) is 0 Å². The van der Waals surface area contributed by atoms with Crippen LogP contribution in [0.1, 0.15) is 47.0 Å². The first-order chi connectivity index (χ1) is 5.99. The Kier molecular flexibility index (Phi) is 5.76. The van der Waals surface area contributed by atoms with E-state index in [0.717, 1.165) is 12.8 Å². The maximum Gasteiger partial charge on any atom is 0.222 e. The summed E-state index contributed by atoms with van der Waals surface area (Å²) in [4.78, 5) is 13.4. The zero-order chi connectivity index (χ0) is 10.4. The Labute approximate surface area is 82.3 Å². The minimum absolute atomic E-state index is 0.274. The summed E-state index contributed by atoms with van der Waals surface area (Å²) in [5.74, 6) is 0.933. The van der Waals surface area contributed by atoms with Crippen molar-refractivity contribution in [3.05, 3.63) is 0 Å². The summed E-state index contributed by atoms with van der Waals surface area (Å²) in [5.41, 5.74) is 0. The van der Waals surface area contributed by atoms with Gasteiger partial charge in [-0.1, -0.05) is 20.8 Å². The van der Waals surface area contributed by atoms with Gasteiger partial charge in [-0.05, 0) is 25.7 Å². The average molecular weight is 185 g/mol. The molecule has 0 spiro atoms. The van der Waals surface area contributed by atoms with E-state index in [9.17, 15) is 4.79 Å². The van der Waals surface area contributed by atoms with Crippen LogP contribution < -0.4 is 0 Å². The third-order valence-electron chi connectivity index (χ3n) is 2.33. The predicted octanol–water partition coefficient (Wildman–Crippen LogP) is 2.68. The molecule has 0 aromatic heterocycles. The molecule has 0 heterocycles. The van der Waals surface area contributed by atoms with Crippen LogP contribution in [0.15, 0.2) is 0 Å². The van der Waals surface area contributed by atoms with Gasteiger partial charge in [-0.25, -0.2) is 0 Å². The lowest BCUT2D eigenvalue weighted by Crippen LogP contribution is -2.35. The number of hydrogen-bond donors (Lipinski definition) is 0. The fraction of sp³-hybridized carbons (Fsp3) is 0.909. The first-order valence-electron chi connectivity index (χ1n) is 5.24. The monoisotopic (exact) mass is 185 g/mol. The Bertz CT molecular complexity index is 154. The molecule has 0 bridgehead atoms. The molecule has 0 radical (unpaired) electrons. The molecule has 0 saturated carbocycles. The van der Waals surface area contributed by atoms with E-state index < -0.39 is 0 Å². The van der Waals surface area contributed by atoms with Crippen LogP contribution >= 0.6 is 0 Å². The van der Waals surface area contributed by atoms with E-state index in [0.29, 0.717) is 18.4 Å². The van der Waals surface area contributed by atoms with E-state index >= 15 is 0 Å². The first-order valence-corrected chi connectivity index (χ1v) is 5.24. The zero-order valence-electron chi connectivity index (χ0n) is 9.63. The van der Waals surface area contributed by atoms with Crippen LogP contribution in [0.25, 0.3) is 0 Å². The van der Waals surface area contributed by atoms with Gasteiger partial charge in [0.05, 0.1) is 0 Å². The van der Waals surface area contributed by atoms with Crippen molar-refractivity contribution in [1.29, 1.82) is 0 Å². The number of nitrogens with zero attached hydrogens (tertiary/aromatic N) is 1. The summed E-state index contributed by atoms with van der Waals surface area (Å²) in [6.45, 7) is 8.54. The van der Waals surface area contributed by atoms with E-state index in [1.807, 2.05) is 18.9 Å². The van der Waals surface area contributed by atoms with Crippen molar-refractivity contribution >= 4 is 5.91 Å². The molecule has 2 nitrogen and oxygen atoms in total. The van der Waals surface area contributed by atoms with Crippen molar-refractivity contribution in [2.75, 3.05) is 7.05 Å². The second kappa shape index (κ2) is 6.01. The molecule has 0 aromatic rings. The van der Waals surface area contributed by atoms with Crippen LogP contribution in [0.4, 0.5) is 0 Å². The normalized spacial score (nSPS) is 13.1. The van der Waals surface area contributed by atoms with Crippen LogP contribution in [-0.2, 0) is 4.79 Å². The van der Waals surface area contributed by atoms with Crippen LogP contribution in [0.2, 0.25) is 0 Å². The molecule has 0 aliphatic carbocycles. The van der Waals surface area contributed by atoms with Gasteiger partial charge in [-0.2, -0.15) is 0 Å². The SMILES string of the molecule is CCCC(=O)N(C)C(C)CC(C)C. The van der Waals surface area contributed by atoms with Crippen molar-refractivity contribution < 1.29 is 4.79 Å². The summed E-state index contributed by atoms with van der Waals surface area (Å²) in [6, 6.07) is 0.374. The fourth-order valence-corrected chi connectivity index (χ4v) is 1.48. The lowest BCUT2D eigenvalue weighted by Gasteiger charge is -2.26. The van der Waals surface area contributed by atoms with Gasteiger partial charge in [0, 0.05) is 19.5 Å². The smallest absolute Gasteiger partial charge is 0.222 e. The summed E-state index contributed by atoms with van der Waals surface area (Å²) >= 11 is 0. The van der Waals surface area contributed by atoms with Crippen molar-refractivity contribution in [3.63, 3.8) is 0 Å². The van der Waals surface area contributed by atoms with Crippen molar-refractivity contribution in [2.45, 2.75) is 53.0 Å². The highest BCUT2D eigenvalue weighted by atomic mass is 16.2. The predicted molar refractivity (Wildman–Crippen MR) is 56.6 cm³/mol. The fourth-order valence-electron chi connectivity index (χ4n) is 1.48. The van der Waals surface area contributed by atoms with Crippen molar-refractivity contribution in [1.82, 2.24) is 4.90 Å². The van der Waals surface area contributed by atoms with E-state index in [-0.39, 0.29) is 5.91 Å². The molecule has 0 rings (SSSR count). The highest BCUT2D eigenvalue weighted by molar-refractivity contribution is 5.76. The van der Waals surface area contributed by atoms with Gasteiger partial charge in [0.2, 0.25) is 5.91 Å². The number of carbonyl (C=O) groups is 1. The summed E-state index contributed by atoms with van der Waals surface area (Å²) < 4.78 is 0. The Morgan fingerprint density at radius 1 is 1.31 bits per heavy atom. The molecule has 0 saturated heterocycles. The average Bonchev–Trinajstić information content (AvgIpc) is 2.02. The Hall–Kier alpha value is -0.530. The van der Waals surface area contributed by atoms with Crippen LogP contribution in [0.5, 0.6) is 0 Å². The molecule has 2 heteroatoms. The van der Waals surface area contributed by atoms with E-state index in [1.165, 1.54) is 0 Å². The van der Waals surface area contributed by atoms with Gasteiger partial charge in [-0.15, -0.1) is 0 Å². The summed E-state index contributed by atoms with van der Waals surface area (Å²) in [5, 5.41) is 0. The lowest BCUT2D eigenvalue weighted by atomic mass is 10.0. The number of carbonyl (C=O) groups excluding carboxylic acids is 1. The molecule has 1 unspecified atom stereocenters. The molecule has 13 heavy (non-hydrogen) atoms. The maximum atomic E-state index is 11.5. The maximum absolute atomic E-state index is 11.5. The molecular weight excluding hydrogens is 162 g/mol. The van der Waals surface area contributed by atoms with Crippen LogP contribution in [-0.4, -0.2) is 23.9 Å². The van der Waals surface area contributed by atoms with Gasteiger partial charge >= 0.3 is 0 Å². The highest BCUT2D eigenvalue weighted by Gasteiger charge is 2.15. The molecule has 1 atom stereocenters. The third-order valence-corrected chi connectivity index (χ3v) is 2.33. The Balaban J connectivity index is 3.93. The Morgan fingerprint density at radius 2 is 1.85 bits per heavy atom. The van der Waals surface area contributed by atoms with Crippen LogP contribution in [0.3, 0.4) is 0 Å². The van der Waals surface area contributed by atoms with Crippen molar-refractivity contribution in [2.24, 2.45) is 5.92 Å². The second-order valence-electron chi connectivity index (χ2n) is 4.23. The highest BCUT2D eigenvalue weighted by Crippen LogP contribution is 2.10. The largest absolute Gasteiger partial charge is 0.343 e. The van der Waals surface area contributed by atoms with Crippen molar-refractivity contribution in [3.8, 4) is 0 Å². The molecule has 1 amide bonds. The zero-order valence-corrected chi connectivity index (χ0v) is 9.63. The van der Waals surface area contributed by atoms with Gasteiger partial charge < -0.3 is 4.90 Å². The first kappa shape index (κ1) is 12.5. The number of rotatable bonds is 5. The quantitative estimate of drug-likeness (QED) is 0.645. The van der Waals surface area contributed by atoms with Gasteiger partial charge in [0.15, 0.2) is 0 Å². The van der Waals surface area contributed by atoms with Crippen LogP contribution in [0, 0.1) is 5.92 Å². The minimum Gasteiger partial charge on any atom is -0.343 e. The minimum atomic E-state index is 0.274. The summed E-state index contributed by atoms with van der Waals surface area (Å²) in [6.07, 6.45) is 2.71. The molecular formula is C11H23NO. The summed E-state index contributed by atoms with van der Waals surface area (Å²) in [7, 11) is 1.91. The number of amides is 1. The third kappa shape index (κ3) is 4.91. The second-order valence-corrected chi connectivity index (χ2v) is 4.23. The van der Waals surface area contributed by atoms with E-state index in [4.69, 9.17) is 0 Å². The van der Waals surface area contributed by atoms with Gasteiger partial charge in [-0.3, -0.25) is 4.79 Å². The molecule has 0 N–H and O–H groups in total. The van der Waals surface area contributed by atoms with Gasteiger partial charge in [0.25, 0.3) is 0 Å². The molecule has 0 aliphatic heterocycles. The number of hydrogen-bond acceptors (Lipinski definition) is 1. The van der Waals surface area contributed by atoms with Gasteiger partial charge in [0.1, 0.15) is 0 Å². The molecule has 78 valence electrons. The standard InChI is InChI=1S/C11H23NO/c1-6-7-11(13)12(5)10(4)8-9(2)3/h9-10H,6-8H2,1-5H3. The lowest BCUT2D eigenvalue weighted by molar-refractivity contribution is -0.131.